The Kier molecular flexibility index (Phi) is 3.29. The molecule has 0 bridgehead atoms. The Morgan fingerprint density at radius 1 is 1.03 bits per heavy atom. The van der Waals surface area contributed by atoms with Gasteiger partial charge in [-0.3, -0.25) is 14.4 Å². The lowest BCUT2D eigenvalue weighted by Gasteiger charge is -2.29. The molecule has 0 atom stereocenters. The van der Waals surface area contributed by atoms with Gasteiger partial charge in [0.05, 0.1) is 18.3 Å². The zero-order valence-electron chi connectivity index (χ0n) is 27.9. The highest BCUT2D eigenvalue weighted by Crippen LogP contribution is 2.31. The van der Waals surface area contributed by atoms with Crippen molar-refractivity contribution in [3.05, 3.63) is 65.4 Å². The number of hydrogen-bond acceptors (Lipinski definition) is 5. The van der Waals surface area contributed by atoms with Gasteiger partial charge in [0.2, 0.25) is 5.91 Å². The van der Waals surface area contributed by atoms with E-state index in [-0.39, 0.29) is 17.1 Å². The smallest absolute Gasteiger partial charge is 0.277 e. The van der Waals surface area contributed by atoms with Crippen molar-refractivity contribution in [3.63, 3.8) is 0 Å². The van der Waals surface area contributed by atoms with E-state index in [1.54, 1.807) is 0 Å². The molecular formula is C25H25N5O4. The number of nitrogens with zero attached hydrogens (tertiary/aromatic N) is 4. The Morgan fingerprint density at radius 2 is 1.71 bits per heavy atom. The van der Waals surface area contributed by atoms with E-state index in [1.807, 2.05) is 0 Å². The van der Waals surface area contributed by atoms with E-state index in [9.17, 15) is 14.4 Å². The third-order valence-corrected chi connectivity index (χ3v) is 5.36. The Morgan fingerprint density at radius 3 is 2.35 bits per heavy atom. The Hall–Kier alpha value is -4.14. The average Bonchev–Trinajstić information content (AvgIpc) is 3.35. The largest absolute Gasteiger partial charge is 0.497 e. The minimum Gasteiger partial charge on any atom is -0.497 e. The van der Waals surface area contributed by atoms with E-state index < -0.39 is 103 Å². The second kappa shape index (κ2) is 8.66. The summed E-state index contributed by atoms with van der Waals surface area (Å²) in [5.41, 5.74) is 3.63. The van der Waals surface area contributed by atoms with Gasteiger partial charge in [-0.25, -0.2) is 4.68 Å². The summed E-state index contributed by atoms with van der Waals surface area (Å²) in [6.07, 6.45) is -7.82. The maximum Gasteiger partial charge on any atom is 0.277 e. The second-order valence-electron chi connectivity index (χ2n) is 7.32. The van der Waals surface area contributed by atoms with E-state index in [1.165, 1.54) is 24.3 Å². The first-order valence-corrected chi connectivity index (χ1v) is 10.1. The molecule has 0 radical (unpaired) electrons. The molecular weight excluding hydrogens is 434 g/mol. The van der Waals surface area contributed by atoms with Crippen LogP contribution in [0, 0.1) is 0 Å². The standard InChI is InChI=1S/C25H25N5O4/c1-34-19-11-9-18(10-12-19)30-23-20(22(27-30)24(26)32)13-15-29(25(23)33)17-7-5-16(6-8-17)28-14-3-2-4-21(28)31/h5-12H,2-4,13-15H2,1H3,(H2,26,32)/i2D2,3D2,9D,10D,11D,12D,13D2. The van der Waals surface area contributed by atoms with Crippen LogP contribution in [0.4, 0.5) is 11.4 Å². The van der Waals surface area contributed by atoms with E-state index in [2.05, 4.69) is 5.10 Å². The molecule has 2 aromatic carbocycles. The van der Waals surface area contributed by atoms with Crippen molar-refractivity contribution >= 4 is 29.1 Å². The molecule has 3 heterocycles. The van der Waals surface area contributed by atoms with Crippen molar-refractivity contribution in [1.82, 2.24) is 9.78 Å². The molecule has 34 heavy (non-hydrogen) atoms. The molecule has 0 spiro atoms. The summed E-state index contributed by atoms with van der Waals surface area (Å²) in [4.78, 5) is 41.1. The van der Waals surface area contributed by atoms with E-state index in [4.69, 9.17) is 24.2 Å². The van der Waals surface area contributed by atoms with Gasteiger partial charge in [0.1, 0.15) is 11.4 Å². The monoisotopic (exact) mass is 469 g/mol. The second-order valence-corrected chi connectivity index (χ2v) is 7.32. The number of rotatable bonds is 5. The number of fused-ring (bicyclic) bond motifs is 1. The lowest BCUT2D eigenvalue weighted by atomic mass is 10.0. The fourth-order valence-corrected chi connectivity index (χ4v) is 3.69. The summed E-state index contributed by atoms with van der Waals surface area (Å²) in [6.45, 7) is -1.17. The topological polar surface area (TPSA) is 111 Å². The number of methoxy groups -OCH3 is 1. The van der Waals surface area contributed by atoms with Gasteiger partial charge < -0.3 is 20.3 Å². The molecule has 1 saturated heterocycles. The van der Waals surface area contributed by atoms with Gasteiger partial charge >= 0.3 is 0 Å². The molecule has 5 rings (SSSR count). The Balaban J connectivity index is 1.62. The molecule has 3 amide bonds. The van der Waals surface area contributed by atoms with Gasteiger partial charge in [-0.05, 0) is 67.6 Å². The van der Waals surface area contributed by atoms with Gasteiger partial charge in [-0.15, -0.1) is 0 Å². The number of carbonyl (C=O) groups is 3. The number of aromatic nitrogens is 2. The molecule has 0 unspecified atom stereocenters. The number of anilines is 2. The maximum atomic E-state index is 14.0. The van der Waals surface area contributed by atoms with Crippen LogP contribution in [0.3, 0.4) is 0 Å². The normalized spacial score (nSPS) is 24.6. The van der Waals surface area contributed by atoms with Gasteiger partial charge in [0.25, 0.3) is 11.8 Å². The number of ether oxygens (including phenoxy) is 1. The quantitative estimate of drug-likeness (QED) is 0.618. The van der Waals surface area contributed by atoms with Crippen LogP contribution < -0.4 is 20.3 Å². The van der Waals surface area contributed by atoms with Gasteiger partial charge in [0.15, 0.2) is 5.69 Å². The van der Waals surface area contributed by atoms with Crippen molar-refractivity contribution in [1.29, 1.82) is 0 Å². The highest BCUT2D eigenvalue weighted by Gasteiger charge is 2.34. The predicted molar refractivity (Wildman–Crippen MR) is 127 cm³/mol. The third kappa shape index (κ3) is 3.68. The number of piperidine rings is 1. The van der Waals surface area contributed by atoms with Crippen LogP contribution >= 0.6 is 0 Å². The lowest BCUT2D eigenvalue weighted by Crippen LogP contribution is -2.39. The van der Waals surface area contributed by atoms with Crippen molar-refractivity contribution in [2.45, 2.75) is 25.5 Å². The highest BCUT2D eigenvalue weighted by atomic mass is 16.5. The number of amides is 3. The zero-order chi connectivity index (χ0) is 32.7. The van der Waals surface area contributed by atoms with Crippen molar-refractivity contribution in [2.24, 2.45) is 5.73 Å². The molecule has 0 aliphatic carbocycles. The van der Waals surface area contributed by atoms with E-state index in [0.717, 1.165) is 16.9 Å². The maximum absolute atomic E-state index is 14.0. The fraction of sp³-hybridized carbons (Fsp3) is 0.280. The predicted octanol–water partition coefficient (Wildman–Crippen LogP) is 2.70. The van der Waals surface area contributed by atoms with Crippen molar-refractivity contribution in [2.75, 3.05) is 30.0 Å². The number of hydrogen-bond donors (Lipinski definition) is 1. The molecule has 2 N–H and O–H groups in total. The number of nitrogens with two attached hydrogens (primary N) is 1. The minimum atomic E-state index is -2.45. The SMILES string of the molecule is [2H]c1c([2H])c(-n2nc(C(N)=O)c3c2C(=O)N(c2ccc(N4CC([2H])([2H])C([2H])([2H])CC4=O)cc2)CC3([2H])[2H])c([2H])c([2H])c1OC. The Bertz CT molecular complexity index is 1710. The van der Waals surface area contributed by atoms with Crippen LogP contribution in [0.25, 0.3) is 5.69 Å². The molecule has 0 saturated carbocycles. The average molecular weight is 470 g/mol. The summed E-state index contributed by atoms with van der Waals surface area (Å²) in [7, 11) is 1.15. The third-order valence-electron chi connectivity index (χ3n) is 5.36. The first-order chi connectivity index (χ1) is 20.3. The summed E-state index contributed by atoms with van der Waals surface area (Å²) in [5.74, 6) is -3.11. The van der Waals surface area contributed by atoms with Crippen LogP contribution in [-0.2, 0) is 11.2 Å². The number of carbonyl (C=O) groups excluding carboxylic acids is 3. The summed E-state index contributed by atoms with van der Waals surface area (Å²) in [6, 6.07) is 2.98. The van der Waals surface area contributed by atoms with Crippen molar-refractivity contribution < 1.29 is 32.8 Å². The molecule has 2 aliphatic heterocycles. The molecule has 9 nitrogen and oxygen atoms in total. The minimum absolute atomic E-state index is 0.124. The molecule has 1 aromatic heterocycles. The number of primary amides is 1. The van der Waals surface area contributed by atoms with Gasteiger partial charge in [0, 0.05) is 44.7 Å². The fourth-order valence-electron chi connectivity index (χ4n) is 3.69. The first kappa shape index (κ1) is 12.9. The molecule has 9 heteroatoms. The molecule has 1 fully saturated rings. The highest BCUT2D eigenvalue weighted by molar-refractivity contribution is 6.09. The van der Waals surface area contributed by atoms with Gasteiger partial charge in [-0.2, -0.15) is 5.10 Å². The van der Waals surface area contributed by atoms with Crippen LogP contribution in [0.2, 0.25) is 0 Å². The molecule has 3 aromatic rings. The summed E-state index contributed by atoms with van der Waals surface area (Å²) >= 11 is 0. The van der Waals surface area contributed by atoms with Crippen LogP contribution in [0.15, 0.2) is 48.4 Å². The van der Waals surface area contributed by atoms with Crippen LogP contribution in [-0.4, -0.2) is 47.7 Å². The van der Waals surface area contributed by atoms with Crippen molar-refractivity contribution in [3.8, 4) is 11.4 Å². The van der Waals surface area contributed by atoms with Crippen LogP contribution in [0.5, 0.6) is 5.75 Å². The number of benzene rings is 2. The lowest BCUT2D eigenvalue weighted by molar-refractivity contribution is -0.119. The van der Waals surface area contributed by atoms with E-state index in [0.29, 0.717) is 4.68 Å². The van der Waals surface area contributed by atoms with Gasteiger partial charge in [-0.1, -0.05) is 0 Å². The molecule has 2 aliphatic rings. The summed E-state index contributed by atoms with van der Waals surface area (Å²) in [5, 5.41) is 4.00. The first-order valence-electron chi connectivity index (χ1n) is 15.1. The van der Waals surface area contributed by atoms with Crippen LogP contribution in [0.1, 0.15) is 59.4 Å². The summed E-state index contributed by atoms with van der Waals surface area (Å²) < 4.78 is 88.4. The molecule has 174 valence electrons. The zero-order valence-corrected chi connectivity index (χ0v) is 17.9. The van der Waals surface area contributed by atoms with E-state index >= 15 is 0 Å². The Labute approximate surface area is 210 Å².